The molecule has 3 aromatic rings. The maximum atomic E-state index is 15.2. The second kappa shape index (κ2) is 11.5. The van der Waals surface area contributed by atoms with E-state index < -0.39 is 93.5 Å². The summed E-state index contributed by atoms with van der Waals surface area (Å²) in [6.07, 6.45) is -18.0. The lowest BCUT2D eigenvalue weighted by atomic mass is 10.1. The Bertz CT molecular complexity index is 1620. The van der Waals surface area contributed by atoms with Crippen molar-refractivity contribution in [2.24, 2.45) is 0 Å². The first-order valence-electron chi connectivity index (χ1n) is 11.3. The van der Waals surface area contributed by atoms with Gasteiger partial charge in [0.25, 0.3) is 0 Å². The topological polar surface area (TPSA) is 43.4 Å². The molecule has 256 valence electrons. The zero-order chi connectivity index (χ0) is 35.5. The third-order valence-corrected chi connectivity index (χ3v) is 11.1. The van der Waals surface area contributed by atoms with E-state index in [1.54, 1.807) is 0 Å². The molecule has 0 saturated heterocycles. The van der Waals surface area contributed by atoms with E-state index in [1.165, 1.54) is 0 Å². The Morgan fingerprint density at radius 3 is 1.24 bits per heavy atom. The van der Waals surface area contributed by atoms with Crippen LogP contribution in [0.5, 0.6) is 0 Å². The highest BCUT2D eigenvalue weighted by atomic mass is 32.3. The fourth-order valence-corrected chi connectivity index (χ4v) is 8.77. The molecule has 0 radical (unpaired) electrons. The number of hydrogen-bond donors (Lipinski definition) is 0. The summed E-state index contributed by atoms with van der Waals surface area (Å²) in [6.45, 7) is 0. The molecule has 0 fully saturated rings. The van der Waals surface area contributed by atoms with Crippen molar-refractivity contribution >= 4 is 20.4 Å². The molecule has 0 aliphatic heterocycles. The molecule has 0 unspecified atom stereocenters. The largest absolute Gasteiger partial charge is 0.460 e. The molecule has 0 aliphatic rings. The summed E-state index contributed by atoms with van der Waals surface area (Å²) >= 11 is 0. The first-order chi connectivity index (χ1) is 20.5. The van der Waals surface area contributed by atoms with Crippen molar-refractivity contribution in [3.05, 3.63) is 89.5 Å². The first kappa shape index (κ1) is 37.2. The lowest BCUT2D eigenvalue weighted by molar-refractivity contribution is -0.382. The van der Waals surface area contributed by atoms with Gasteiger partial charge in [0.2, 0.25) is 0 Å². The minimum Gasteiger partial charge on any atom is -0.207 e. The van der Waals surface area contributed by atoms with E-state index >= 15 is 4.39 Å². The third-order valence-electron chi connectivity index (χ3n) is 5.85. The van der Waals surface area contributed by atoms with Crippen LogP contribution in [0, 0.1) is 11.6 Å². The van der Waals surface area contributed by atoms with Crippen molar-refractivity contribution in [3.63, 3.8) is 0 Å². The molecule has 0 spiro atoms. The van der Waals surface area contributed by atoms with Crippen LogP contribution < -0.4 is 0 Å². The second-order valence-corrected chi connectivity index (χ2v) is 13.3. The SMILES string of the molecule is O=S(=O)(OS(c1ccc(C(F)(F)F)cc1)(c1ccc(C(F)(F)F)cc1)c1ccc(F)cc1F)C(F)(F)C(F)(F)C(F)(F)C(F)(F)F. The maximum absolute atomic E-state index is 15.2. The maximum Gasteiger partial charge on any atom is 0.460 e. The normalized spacial score (nSPS) is 14.8. The quantitative estimate of drug-likeness (QED) is 0.217. The molecule has 0 bridgehead atoms. The van der Waals surface area contributed by atoms with E-state index in [1.807, 2.05) is 0 Å². The van der Waals surface area contributed by atoms with Crippen molar-refractivity contribution < 1.29 is 86.7 Å². The Morgan fingerprint density at radius 2 is 0.913 bits per heavy atom. The zero-order valence-corrected chi connectivity index (χ0v) is 23.0. The molecule has 0 aromatic heterocycles. The van der Waals surface area contributed by atoms with Gasteiger partial charge in [-0.15, -0.1) is 0 Å². The van der Waals surface area contributed by atoms with Gasteiger partial charge >= 0.3 is 45.7 Å². The molecule has 0 amide bonds. The highest BCUT2D eigenvalue weighted by molar-refractivity contribution is 8.33. The van der Waals surface area contributed by atoms with Gasteiger partial charge in [-0.2, -0.15) is 74.3 Å². The van der Waals surface area contributed by atoms with Crippen LogP contribution in [0.4, 0.5) is 74.6 Å². The predicted molar refractivity (Wildman–Crippen MR) is 123 cm³/mol. The van der Waals surface area contributed by atoms with Crippen molar-refractivity contribution in [2.75, 3.05) is 0 Å². The molecule has 22 heteroatoms. The van der Waals surface area contributed by atoms with E-state index in [-0.39, 0.29) is 66.7 Å². The van der Waals surface area contributed by atoms with Crippen molar-refractivity contribution in [1.82, 2.24) is 0 Å². The fourth-order valence-electron chi connectivity index (χ4n) is 3.58. The van der Waals surface area contributed by atoms with Crippen molar-refractivity contribution in [1.29, 1.82) is 0 Å². The van der Waals surface area contributed by atoms with Gasteiger partial charge in [-0.1, -0.05) is 0 Å². The van der Waals surface area contributed by atoms with E-state index in [0.29, 0.717) is 0 Å². The minimum absolute atomic E-state index is 0.0309. The monoisotopic (exact) mass is 734 g/mol. The van der Waals surface area contributed by atoms with Crippen molar-refractivity contribution in [3.8, 4) is 0 Å². The first-order valence-corrected chi connectivity index (χ1v) is 14.3. The summed E-state index contributed by atoms with van der Waals surface area (Å²) < 4.78 is 261. The van der Waals surface area contributed by atoms with Gasteiger partial charge in [0.15, 0.2) is 0 Å². The summed E-state index contributed by atoms with van der Waals surface area (Å²) in [5.41, 5.74) is -3.22. The van der Waals surface area contributed by atoms with Crippen LogP contribution in [0.25, 0.3) is 0 Å². The summed E-state index contributed by atoms with van der Waals surface area (Å²) in [5.74, 6) is -19.3. The molecule has 0 N–H and O–H groups in total. The molecule has 0 heterocycles. The highest BCUT2D eigenvalue weighted by Gasteiger charge is 2.86. The van der Waals surface area contributed by atoms with Crippen LogP contribution in [-0.2, 0) is 26.1 Å². The van der Waals surface area contributed by atoms with Gasteiger partial charge < -0.3 is 0 Å². The number of hydrogen-bond acceptors (Lipinski definition) is 3. The summed E-state index contributed by atoms with van der Waals surface area (Å²) in [4.78, 5) is -4.09. The van der Waals surface area contributed by atoms with Gasteiger partial charge in [-0.3, -0.25) is 0 Å². The lowest BCUT2D eigenvalue weighted by Gasteiger charge is -2.41. The Morgan fingerprint density at radius 1 is 0.522 bits per heavy atom. The third kappa shape index (κ3) is 6.21. The van der Waals surface area contributed by atoms with Gasteiger partial charge in [0.1, 0.15) is 11.6 Å². The number of benzene rings is 3. The van der Waals surface area contributed by atoms with Crippen LogP contribution in [-0.4, -0.2) is 31.7 Å². The average molecular weight is 734 g/mol. The van der Waals surface area contributed by atoms with Crippen LogP contribution in [0.15, 0.2) is 81.4 Å². The van der Waals surface area contributed by atoms with Gasteiger partial charge in [-0.05, 0) is 71.0 Å². The van der Waals surface area contributed by atoms with Crippen molar-refractivity contribution in [2.45, 2.75) is 50.3 Å². The van der Waals surface area contributed by atoms with Gasteiger partial charge in [-0.25, -0.2) is 12.4 Å². The minimum atomic E-state index is -8.00. The molecular weight excluding hydrogens is 723 g/mol. The Kier molecular flexibility index (Phi) is 9.26. The molecule has 0 saturated carbocycles. The zero-order valence-electron chi connectivity index (χ0n) is 21.3. The standard InChI is InChI=1S/C24H11F17O3S2/c25-14-5-10-18(17(26)11-14)45(15-6-1-12(2-7-15)19(27,28)29,16-8-3-13(4-9-16)20(30,31)32)44-46(42,43)24(40,41)22(35,36)21(33,34)23(37,38)39/h1-11H. The van der Waals surface area contributed by atoms with Gasteiger partial charge in [0, 0.05) is 15.9 Å². The molecule has 46 heavy (non-hydrogen) atoms. The van der Waals surface area contributed by atoms with Gasteiger partial charge in [0.05, 0.1) is 16.0 Å². The second-order valence-electron chi connectivity index (χ2n) is 8.86. The molecule has 3 aromatic carbocycles. The van der Waals surface area contributed by atoms with E-state index in [4.69, 9.17) is 0 Å². The number of rotatable bonds is 8. The molecule has 0 atom stereocenters. The lowest BCUT2D eigenvalue weighted by Crippen LogP contribution is -2.63. The smallest absolute Gasteiger partial charge is 0.207 e. The summed E-state index contributed by atoms with van der Waals surface area (Å²) in [6, 6.07) is 0.831. The summed E-state index contributed by atoms with van der Waals surface area (Å²) in [7, 11) is -13.4. The molecule has 0 aliphatic carbocycles. The fraction of sp³-hybridized carbons (Fsp3) is 0.250. The summed E-state index contributed by atoms with van der Waals surface area (Å²) in [5, 5.41) is -7.61. The van der Waals surface area contributed by atoms with Crippen LogP contribution in [0.3, 0.4) is 0 Å². The van der Waals surface area contributed by atoms with E-state index in [9.17, 15) is 78.7 Å². The molecule has 3 nitrogen and oxygen atoms in total. The Hall–Kier alpha value is -3.27. The molecule has 3 rings (SSSR count). The predicted octanol–water partition coefficient (Wildman–Crippen LogP) is 9.97. The highest BCUT2D eigenvalue weighted by Crippen LogP contribution is 2.72. The van der Waals surface area contributed by atoms with E-state index in [2.05, 4.69) is 3.63 Å². The molecular formula is C24H11F17O3S2. The Labute approximate surface area is 247 Å². The average Bonchev–Trinajstić information content (AvgIpc) is 2.90. The van der Waals surface area contributed by atoms with Crippen LogP contribution in [0.2, 0.25) is 0 Å². The number of halogens is 17. The van der Waals surface area contributed by atoms with Crippen LogP contribution >= 0.6 is 10.3 Å². The number of alkyl halides is 15. The Balaban J connectivity index is 2.50. The van der Waals surface area contributed by atoms with Crippen LogP contribution in [0.1, 0.15) is 11.1 Å². The van der Waals surface area contributed by atoms with E-state index in [0.717, 1.165) is 0 Å².